The maximum atomic E-state index is 13.2. The highest BCUT2D eigenvalue weighted by Gasteiger charge is 2.37. The van der Waals surface area contributed by atoms with Gasteiger partial charge in [-0.3, -0.25) is 0 Å². The van der Waals surface area contributed by atoms with Gasteiger partial charge in [-0.1, -0.05) is 81.3 Å². The summed E-state index contributed by atoms with van der Waals surface area (Å²) in [5.41, 5.74) is 2.66. The van der Waals surface area contributed by atoms with Gasteiger partial charge in [-0.05, 0) is 30.0 Å². The molecule has 0 radical (unpaired) electrons. The van der Waals surface area contributed by atoms with Gasteiger partial charge in [0.1, 0.15) is 0 Å². The van der Waals surface area contributed by atoms with E-state index >= 15 is 0 Å². The van der Waals surface area contributed by atoms with Gasteiger partial charge in [0.05, 0.1) is 10.6 Å². The lowest BCUT2D eigenvalue weighted by atomic mass is 9.78. The first-order chi connectivity index (χ1) is 12.0. The molecule has 1 atom stereocenters. The van der Waals surface area contributed by atoms with Gasteiger partial charge in [-0.15, -0.1) is 0 Å². The molecule has 25 heavy (non-hydrogen) atoms. The van der Waals surface area contributed by atoms with E-state index in [9.17, 15) is 8.42 Å². The monoisotopic (exact) mass is 354 g/mol. The number of fused-ring (bicyclic) bond motifs is 1. The Balaban J connectivity index is 2.27. The van der Waals surface area contributed by atoms with Crippen LogP contribution in [-0.4, -0.2) is 14.2 Å². The zero-order chi connectivity index (χ0) is 17.9. The largest absolute Gasteiger partial charge is 0.224 e. The Hall–Kier alpha value is -1.87. The molecule has 0 aromatic heterocycles. The standard InChI is InChI=1S/C22H26O2S/c1-3-5-15-22(4-2)16-20(18-11-7-6-8-12-18)19-13-9-10-14-21(19)25(23,24)17-22/h6-14,16H,3-5,15,17H2,1-2H3. The topological polar surface area (TPSA) is 34.1 Å². The molecule has 2 aromatic carbocycles. The molecule has 2 nitrogen and oxygen atoms in total. The summed E-state index contributed by atoms with van der Waals surface area (Å²) >= 11 is 0. The number of hydrogen-bond donors (Lipinski definition) is 0. The number of unbranched alkanes of at least 4 members (excludes halogenated alkanes) is 1. The maximum Gasteiger partial charge on any atom is 0.179 e. The highest BCUT2D eigenvalue weighted by atomic mass is 32.2. The van der Waals surface area contributed by atoms with Gasteiger partial charge in [-0.25, -0.2) is 8.42 Å². The first-order valence-electron chi connectivity index (χ1n) is 9.12. The van der Waals surface area contributed by atoms with Gasteiger partial charge in [0.25, 0.3) is 0 Å². The second kappa shape index (κ2) is 7.17. The highest BCUT2D eigenvalue weighted by Crippen LogP contribution is 2.43. The first-order valence-corrected chi connectivity index (χ1v) is 10.8. The molecule has 0 amide bonds. The van der Waals surface area contributed by atoms with Crippen molar-refractivity contribution in [2.75, 3.05) is 5.75 Å². The molecular weight excluding hydrogens is 328 g/mol. The van der Waals surface area contributed by atoms with E-state index in [2.05, 4.69) is 32.1 Å². The number of benzene rings is 2. The number of allylic oxidation sites excluding steroid dienone is 1. The average molecular weight is 355 g/mol. The third-order valence-corrected chi connectivity index (χ3v) is 7.24. The molecule has 0 N–H and O–H groups in total. The summed E-state index contributed by atoms with van der Waals surface area (Å²) in [5, 5.41) is 0. The van der Waals surface area contributed by atoms with Crippen molar-refractivity contribution in [1.82, 2.24) is 0 Å². The van der Waals surface area contributed by atoms with Crippen molar-refractivity contribution in [3.63, 3.8) is 0 Å². The normalized spacial score (nSPS) is 21.9. The molecule has 1 aliphatic rings. The molecule has 3 heteroatoms. The van der Waals surface area contributed by atoms with Crippen LogP contribution in [0.4, 0.5) is 0 Å². The van der Waals surface area contributed by atoms with Crippen molar-refractivity contribution >= 4 is 15.4 Å². The van der Waals surface area contributed by atoms with Gasteiger partial charge >= 0.3 is 0 Å². The van der Waals surface area contributed by atoms with E-state index in [1.54, 1.807) is 6.07 Å². The Morgan fingerprint density at radius 1 is 0.960 bits per heavy atom. The predicted molar refractivity (Wildman–Crippen MR) is 104 cm³/mol. The van der Waals surface area contributed by atoms with Gasteiger partial charge in [-0.2, -0.15) is 0 Å². The van der Waals surface area contributed by atoms with Crippen molar-refractivity contribution in [3.05, 3.63) is 71.8 Å². The van der Waals surface area contributed by atoms with Crippen LogP contribution in [0.3, 0.4) is 0 Å². The smallest absolute Gasteiger partial charge is 0.179 e. The van der Waals surface area contributed by atoms with E-state index in [-0.39, 0.29) is 11.2 Å². The quantitative estimate of drug-likeness (QED) is 0.711. The van der Waals surface area contributed by atoms with Gasteiger partial charge in [0.2, 0.25) is 0 Å². The van der Waals surface area contributed by atoms with Crippen LogP contribution in [0.1, 0.15) is 50.7 Å². The fraction of sp³-hybridized carbons (Fsp3) is 0.364. The third kappa shape index (κ3) is 3.57. The fourth-order valence-corrected chi connectivity index (χ4v) is 5.90. The fourth-order valence-electron chi connectivity index (χ4n) is 3.75. The van der Waals surface area contributed by atoms with Crippen LogP contribution in [0.15, 0.2) is 65.6 Å². The molecule has 132 valence electrons. The maximum absolute atomic E-state index is 13.2. The molecule has 0 spiro atoms. The molecule has 3 rings (SSSR count). The van der Waals surface area contributed by atoms with Crippen LogP contribution in [0.2, 0.25) is 0 Å². The molecule has 0 saturated carbocycles. The molecule has 2 aromatic rings. The van der Waals surface area contributed by atoms with Crippen LogP contribution < -0.4 is 0 Å². The van der Waals surface area contributed by atoms with Crippen LogP contribution in [0, 0.1) is 5.41 Å². The van der Waals surface area contributed by atoms with Gasteiger partial charge < -0.3 is 0 Å². The molecule has 0 saturated heterocycles. The van der Waals surface area contributed by atoms with Crippen molar-refractivity contribution in [2.24, 2.45) is 5.41 Å². The first kappa shape index (κ1) is 17.9. The van der Waals surface area contributed by atoms with E-state index in [0.29, 0.717) is 4.90 Å². The lowest BCUT2D eigenvalue weighted by molar-refractivity contribution is 0.366. The Kier molecular flexibility index (Phi) is 5.14. The SMILES string of the molecule is CCCCC1(CC)C=C(c2ccccc2)c2ccccc2S(=O)(=O)C1. The Bertz CT molecular complexity index is 866. The Morgan fingerprint density at radius 3 is 2.32 bits per heavy atom. The number of rotatable bonds is 5. The van der Waals surface area contributed by atoms with Crippen molar-refractivity contribution < 1.29 is 8.42 Å². The van der Waals surface area contributed by atoms with Crippen LogP contribution in [0.25, 0.3) is 5.57 Å². The summed E-state index contributed by atoms with van der Waals surface area (Å²) in [7, 11) is -3.32. The second-order valence-electron chi connectivity index (χ2n) is 7.00. The summed E-state index contributed by atoms with van der Waals surface area (Å²) in [4.78, 5) is 0.469. The summed E-state index contributed by atoms with van der Waals surface area (Å²) in [5.74, 6) is 0.198. The van der Waals surface area contributed by atoms with Crippen LogP contribution >= 0.6 is 0 Å². The lowest BCUT2D eigenvalue weighted by Gasteiger charge is -2.29. The molecule has 0 bridgehead atoms. The predicted octanol–water partition coefficient (Wildman–Crippen LogP) is 5.49. The second-order valence-corrected chi connectivity index (χ2v) is 8.96. The van der Waals surface area contributed by atoms with E-state index in [0.717, 1.165) is 42.4 Å². The summed E-state index contributed by atoms with van der Waals surface area (Å²) in [6.07, 6.45) is 6.10. The Morgan fingerprint density at radius 2 is 1.64 bits per heavy atom. The average Bonchev–Trinajstić information content (AvgIpc) is 2.74. The summed E-state index contributed by atoms with van der Waals surface area (Å²) < 4.78 is 26.3. The number of sulfone groups is 1. The Labute approximate surface area is 151 Å². The van der Waals surface area contributed by atoms with Crippen molar-refractivity contribution in [2.45, 2.75) is 44.4 Å². The summed E-state index contributed by atoms with van der Waals surface area (Å²) in [6.45, 7) is 4.27. The molecule has 0 fully saturated rings. The van der Waals surface area contributed by atoms with E-state index in [4.69, 9.17) is 0 Å². The molecule has 1 unspecified atom stereocenters. The van der Waals surface area contributed by atoms with Crippen LogP contribution in [-0.2, 0) is 9.84 Å². The van der Waals surface area contributed by atoms with E-state index < -0.39 is 9.84 Å². The third-order valence-electron chi connectivity index (χ3n) is 5.26. The minimum atomic E-state index is -3.32. The minimum Gasteiger partial charge on any atom is -0.224 e. The molecule has 0 aliphatic carbocycles. The molecular formula is C22H26O2S. The lowest BCUT2D eigenvalue weighted by Crippen LogP contribution is -2.27. The minimum absolute atomic E-state index is 0.198. The zero-order valence-corrected chi connectivity index (χ0v) is 15.9. The zero-order valence-electron chi connectivity index (χ0n) is 15.0. The van der Waals surface area contributed by atoms with E-state index in [1.807, 2.05) is 36.4 Å². The summed E-state index contributed by atoms with van der Waals surface area (Å²) in [6, 6.07) is 17.6. The van der Waals surface area contributed by atoms with Crippen molar-refractivity contribution in [3.8, 4) is 0 Å². The van der Waals surface area contributed by atoms with Gasteiger partial charge in [0.15, 0.2) is 9.84 Å². The van der Waals surface area contributed by atoms with Gasteiger partial charge in [0, 0.05) is 11.0 Å². The molecule has 1 aliphatic heterocycles. The highest BCUT2D eigenvalue weighted by molar-refractivity contribution is 7.91. The van der Waals surface area contributed by atoms with Crippen molar-refractivity contribution in [1.29, 1.82) is 0 Å². The van der Waals surface area contributed by atoms with E-state index in [1.165, 1.54) is 0 Å². The van der Waals surface area contributed by atoms with Crippen LogP contribution in [0.5, 0.6) is 0 Å². The number of hydrogen-bond acceptors (Lipinski definition) is 2. The molecule has 1 heterocycles.